The van der Waals surface area contributed by atoms with Gasteiger partial charge in [0, 0.05) is 4.88 Å². The fourth-order valence-electron chi connectivity index (χ4n) is 3.34. The number of aromatic nitrogens is 4. The van der Waals surface area contributed by atoms with Crippen LogP contribution in [0.25, 0.3) is 21.6 Å². The van der Waals surface area contributed by atoms with Gasteiger partial charge in [-0.1, -0.05) is 49.3 Å². The number of hydrogen-bond acceptors (Lipinski definition) is 8. The molecule has 4 aromatic rings. The van der Waals surface area contributed by atoms with E-state index in [0.29, 0.717) is 34.3 Å². The minimum Gasteiger partial charge on any atom is -0.496 e. The van der Waals surface area contributed by atoms with Crippen LogP contribution in [0.3, 0.4) is 0 Å². The van der Waals surface area contributed by atoms with Crippen molar-refractivity contribution in [3.63, 3.8) is 0 Å². The Hall–Kier alpha value is -2.65. The highest BCUT2D eigenvalue weighted by Crippen LogP contribution is 2.31. The Kier molecular flexibility index (Phi) is 6.43. The molecular formula is C22H24N4O3S2. The summed E-state index contributed by atoms with van der Waals surface area (Å²) >= 11 is 2.94. The van der Waals surface area contributed by atoms with Gasteiger partial charge in [0.15, 0.2) is 5.16 Å². The van der Waals surface area contributed by atoms with Gasteiger partial charge in [-0.15, -0.1) is 11.3 Å². The highest BCUT2D eigenvalue weighted by atomic mass is 32.2. The van der Waals surface area contributed by atoms with E-state index in [4.69, 9.17) is 9.26 Å². The van der Waals surface area contributed by atoms with E-state index in [1.165, 1.54) is 11.8 Å². The number of ether oxygens (including phenoxy) is 1. The highest BCUT2D eigenvalue weighted by Gasteiger charge is 2.18. The zero-order valence-electron chi connectivity index (χ0n) is 17.9. The van der Waals surface area contributed by atoms with Gasteiger partial charge in [-0.2, -0.15) is 4.98 Å². The molecule has 7 nitrogen and oxygen atoms in total. The maximum atomic E-state index is 12.8. The van der Waals surface area contributed by atoms with Gasteiger partial charge in [0.05, 0.1) is 23.8 Å². The molecule has 4 rings (SSSR count). The van der Waals surface area contributed by atoms with Gasteiger partial charge >= 0.3 is 0 Å². The lowest BCUT2D eigenvalue weighted by Crippen LogP contribution is -2.11. The van der Waals surface area contributed by atoms with Crippen molar-refractivity contribution in [2.45, 2.75) is 44.5 Å². The molecule has 0 radical (unpaired) electrons. The maximum absolute atomic E-state index is 12.8. The summed E-state index contributed by atoms with van der Waals surface area (Å²) in [5, 5.41) is 5.33. The minimum atomic E-state index is -0.0876. The first-order chi connectivity index (χ1) is 15.0. The molecule has 0 aliphatic rings. The summed E-state index contributed by atoms with van der Waals surface area (Å²) in [6, 6.07) is 7.51. The van der Waals surface area contributed by atoms with Gasteiger partial charge in [0.25, 0.3) is 5.56 Å². The number of aromatic amines is 1. The van der Waals surface area contributed by atoms with Crippen LogP contribution in [-0.2, 0) is 12.2 Å². The third-order valence-corrected chi connectivity index (χ3v) is 7.14. The number of thioether (sulfide) groups is 1. The third kappa shape index (κ3) is 4.52. The standard InChI is InChI=1S/C22H24N4O3S2/c1-5-12(2)10-15-13(3)31-21-18(15)20(27)24-22(25-21)30-11-17-23-19(26-29-17)14-8-6-7-9-16(14)28-4/h6-9,12H,5,10-11H2,1-4H3,(H,24,25,27). The van der Waals surface area contributed by atoms with Crippen LogP contribution in [-0.4, -0.2) is 27.2 Å². The van der Waals surface area contributed by atoms with Crippen molar-refractivity contribution in [3.05, 3.63) is 51.0 Å². The third-order valence-electron chi connectivity index (χ3n) is 5.24. The fraction of sp³-hybridized carbons (Fsp3) is 0.364. The van der Waals surface area contributed by atoms with E-state index in [1.54, 1.807) is 18.4 Å². The lowest BCUT2D eigenvalue weighted by molar-refractivity contribution is 0.390. The fourth-order valence-corrected chi connectivity index (χ4v) is 5.15. The number of fused-ring (bicyclic) bond motifs is 1. The van der Waals surface area contributed by atoms with E-state index in [-0.39, 0.29) is 5.56 Å². The van der Waals surface area contributed by atoms with Gasteiger partial charge in [-0.3, -0.25) is 4.79 Å². The summed E-state index contributed by atoms with van der Waals surface area (Å²) in [7, 11) is 1.61. The molecule has 9 heteroatoms. The summed E-state index contributed by atoms with van der Waals surface area (Å²) in [4.78, 5) is 26.8. The van der Waals surface area contributed by atoms with Gasteiger partial charge in [-0.25, -0.2) is 4.98 Å². The van der Waals surface area contributed by atoms with Gasteiger partial charge < -0.3 is 14.2 Å². The zero-order chi connectivity index (χ0) is 22.0. The molecule has 162 valence electrons. The van der Waals surface area contributed by atoms with Crippen LogP contribution in [0.4, 0.5) is 0 Å². The van der Waals surface area contributed by atoms with Gasteiger partial charge in [0.1, 0.15) is 10.6 Å². The second-order valence-electron chi connectivity index (χ2n) is 7.41. The molecule has 0 saturated heterocycles. The molecule has 1 aromatic carbocycles. The van der Waals surface area contributed by atoms with Crippen molar-refractivity contribution in [3.8, 4) is 17.1 Å². The van der Waals surface area contributed by atoms with E-state index in [0.717, 1.165) is 39.1 Å². The number of aryl methyl sites for hydroxylation is 1. The molecule has 0 aliphatic heterocycles. The minimum absolute atomic E-state index is 0.0876. The van der Waals surface area contributed by atoms with Gasteiger partial charge in [0.2, 0.25) is 11.7 Å². The summed E-state index contributed by atoms with van der Waals surface area (Å²) < 4.78 is 10.7. The largest absolute Gasteiger partial charge is 0.496 e. The van der Waals surface area contributed by atoms with Crippen LogP contribution in [0.1, 0.15) is 36.6 Å². The van der Waals surface area contributed by atoms with Gasteiger partial charge in [-0.05, 0) is 37.0 Å². The predicted octanol–water partition coefficient (Wildman–Crippen LogP) is 5.23. The van der Waals surface area contributed by atoms with Crippen LogP contribution >= 0.6 is 23.1 Å². The van der Waals surface area contributed by atoms with Crippen LogP contribution in [0.2, 0.25) is 0 Å². The number of thiophene rings is 1. The molecule has 0 aliphatic carbocycles. The topological polar surface area (TPSA) is 93.9 Å². The molecular weight excluding hydrogens is 432 g/mol. The Morgan fingerprint density at radius 2 is 2.10 bits per heavy atom. The van der Waals surface area contributed by atoms with Crippen LogP contribution in [0.15, 0.2) is 38.7 Å². The first-order valence-electron chi connectivity index (χ1n) is 10.1. The van der Waals surface area contributed by atoms with Crippen molar-refractivity contribution in [2.24, 2.45) is 5.92 Å². The molecule has 1 atom stereocenters. The second kappa shape index (κ2) is 9.23. The number of benzene rings is 1. The maximum Gasteiger partial charge on any atom is 0.260 e. The summed E-state index contributed by atoms with van der Waals surface area (Å²) in [5.74, 6) is 2.53. The van der Waals surface area contributed by atoms with E-state index in [9.17, 15) is 4.79 Å². The number of nitrogens with zero attached hydrogens (tertiary/aromatic N) is 3. The first kappa shape index (κ1) is 21.6. The molecule has 3 aromatic heterocycles. The molecule has 0 bridgehead atoms. The Bertz CT molecular complexity index is 1260. The summed E-state index contributed by atoms with van der Waals surface area (Å²) in [5.41, 5.74) is 1.80. The zero-order valence-corrected chi connectivity index (χ0v) is 19.5. The number of nitrogens with one attached hydrogen (secondary N) is 1. The SMILES string of the molecule is CCC(C)Cc1c(C)sc2nc(SCc3nc(-c4ccccc4OC)no3)[nH]c(=O)c12. The number of hydrogen-bond donors (Lipinski definition) is 1. The smallest absolute Gasteiger partial charge is 0.260 e. The molecule has 0 amide bonds. The van der Waals surface area contributed by atoms with Crippen molar-refractivity contribution in [1.82, 2.24) is 20.1 Å². The Morgan fingerprint density at radius 3 is 2.87 bits per heavy atom. The van der Waals surface area contributed by atoms with Crippen molar-refractivity contribution >= 4 is 33.3 Å². The molecule has 3 heterocycles. The monoisotopic (exact) mass is 456 g/mol. The van der Waals surface area contributed by atoms with Crippen molar-refractivity contribution in [2.75, 3.05) is 7.11 Å². The normalized spacial score (nSPS) is 12.4. The molecule has 1 unspecified atom stereocenters. The Labute approximate surface area is 188 Å². The Balaban J connectivity index is 1.54. The van der Waals surface area contributed by atoms with E-state index >= 15 is 0 Å². The lowest BCUT2D eigenvalue weighted by Gasteiger charge is -2.08. The molecule has 0 fully saturated rings. The molecule has 0 spiro atoms. The van der Waals surface area contributed by atoms with Crippen LogP contribution < -0.4 is 10.3 Å². The predicted molar refractivity (Wildman–Crippen MR) is 124 cm³/mol. The van der Waals surface area contributed by atoms with E-state index in [1.807, 2.05) is 24.3 Å². The van der Waals surface area contributed by atoms with Crippen molar-refractivity contribution < 1.29 is 9.26 Å². The van der Waals surface area contributed by atoms with E-state index < -0.39 is 0 Å². The number of para-hydroxylation sites is 1. The second-order valence-corrected chi connectivity index (χ2v) is 9.57. The highest BCUT2D eigenvalue weighted by molar-refractivity contribution is 7.98. The number of H-pyrrole nitrogens is 1. The number of rotatable bonds is 8. The molecule has 0 saturated carbocycles. The average Bonchev–Trinajstić information content (AvgIpc) is 3.36. The first-order valence-corrected chi connectivity index (χ1v) is 11.9. The van der Waals surface area contributed by atoms with Crippen LogP contribution in [0.5, 0.6) is 5.75 Å². The van der Waals surface area contributed by atoms with Crippen LogP contribution in [0, 0.1) is 12.8 Å². The number of methoxy groups -OCH3 is 1. The quantitative estimate of drug-likeness (QED) is 0.286. The molecule has 1 N–H and O–H groups in total. The lowest BCUT2D eigenvalue weighted by atomic mass is 9.98. The van der Waals surface area contributed by atoms with E-state index in [2.05, 4.69) is 40.9 Å². The summed E-state index contributed by atoms with van der Waals surface area (Å²) in [6.45, 7) is 6.44. The summed E-state index contributed by atoms with van der Waals surface area (Å²) in [6.07, 6.45) is 1.98. The average molecular weight is 457 g/mol. The van der Waals surface area contributed by atoms with Crippen molar-refractivity contribution in [1.29, 1.82) is 0 Å². The Morgan fingerprint density at radius 1 is 1.29 bits per heavy atom. The molecule has 31 heavy (non-hydrogen) atoms.